The van der Waals surface area contributed by atoms with Gasteiger partial charge in [0.1, 0.15) is 23.3 Å². The number of anilines is 2. The summed E-state index contributed by atoms with van der Waals surface area (Å²) >= 11 is 6.46. The number of fused-ring (bicyclic) bond motifs is 2. The molecule has 1 fully saturated rings. The maximum Gasteiger partial charge on any atom is 0.414 e. The molecule has 5 rings (SSSR count). The fraction of sp³-hybridized carbons (Fsp3) is 0.414. The van der Waals surface area contributed by atoms with Gasteiger partial charge in [0.25, 0.3) is 0 Å². The molecule has 1 N–H and O–H groups in total. The quantitative estimate of drug-likeness (QED) is 0.389. The lowest BCUT2D eigenvalue weighted by Gasteiger charge is -2.34. The first kappa shape index (κ1) is 28.5. The number of rotatable bonds is 3. The van der Waals surface area contributed by atoms with Crippen molar-refractivity contribution in [3.63, 3.8) is 0 Å². The topological polar surface area (TPSA) is 127 Å². The van der Waals surface area contributed by atoms with Gasteiger partial charge in [-0.15, -0.1) is 0 Å². The zero-order valence-electron chi connectivity index (χ0n) is 23.1. The molecule has 1 saturated heterocycles. The van der Waals surface area contributed by atoms with Gasteiger partial charge in [0.15, 0.2) is 0 Å². The monoisotopic (exact) mass is 581 g/mol. The second kappa shape index (κ2) is 11.1. The Labute approximate surface area is 241 Å². The number of aromatic nitrogens is 2. The molecule has 2 atom stereocenters. The minimum Gasteiger partial charge on any atom is -0.443 e. The first-order valence-electron chi connectivity index (χ1n) is 13.2. The molecule has 0 spiro atoms. The van der Waals surface area contributed by atoms with Gasteiger partial charge in [-0.3, -0.25) is 15.2 Å². The molecule has 3 aromatic rings. The van der Waals surface area contributed by atoms with E-state index in [1.807, 2.05) is 0 Å². The number of hydrogen-bond acceptors (Lipinski definition) is 8. The zero-order valence-corrected chi connectivity index (χ0v) is 23.8. The molecule has 2 aromatic heterocycles. The lowest BCUT2D eigenvalue weighted by Crippen LogP contribution is -2.43. The van der Waals surface area contributed by atoms with Crippen molar-refractivity contribution in [1.82, 2.24) is 9.97 Å². The Morgan fingerprint density at radius 1 is 1.24 bits per heavy atom. The first-order chi connectivity index (χ1) is 19.4. The van der Waals surface area contributed by atoms with Gasteiger partial charge in [0.2, 0.25) is 0 Å². The number of halogens is 2. The van der Waals surface area contributed by atoms with Crippen molar-refractivity contribution in [2.75, 3.05) is 30.0 Å². The largest absolute Gasteiger partial charge is 0.443 e. The normalized spacial score (nSPS) is 18.5. The van der Waals surface area contributed by atoms with Crippen molar-refractivity contribution in [1.29, 1.82) is 5.26 Å². The van der Waals surface area contributed by atoms with Crippen LogP contribution in [-0.2, 0) is 20.6 Å². The van der Waals surface area contributed by atoms with E-state index < -0.39 is 29.5 Å². The number of carbonyl (C=O) groups is 2. The summed E-state index contributed by atoms with van der Waals surface area (Å²) in [5, 5.41) is 12.9. The van der Waals surface area contributed by atoms with Gasteiger partial charge in [0.05, 0.1) is 41.6 Å². The molecule has 0 bridgehead atoms. The van der Waals surface area contributed by atoms with E-state index in [1.165, 1.54) is 17.3 Å². The molecular formula is C29H29ClFN5O5. The molecule has 2 aliphatic heterocycles. The molecule has 12 heteroatoms. The molecular weight excluding hydrogens is 553 g/mol. The van der Waals surface area contributed by atoms with E-state index in [0.29, 0.717) is 59.3 Å². The third kappa shape index (κ3) is 5.89. The van der Waals surface area contributed by atoms with Crippen LogP contribution in [0.1, 0.15) is 38.4 Å². The number of ether oxygens (including phenoxy) is 3. The molecule has 2 amide bonds. The highest BCUT2D eigenvalue weighted by atomic mass is 35.5. The van der Waals surface area contributed by atoms with Crippen LogP contribution in [0.4, 0.5) is 25.5 Å². The van der Waals surface area contributed by atoms with Gasteiger partial charge < -0.3 is 14.2 Å². The number of benzene rings is 1. The first-order valence-corrected chi connectivity index (χ1v) is 13.5. The number of nitrogens with zero attached hydrogens (tertiary/aromatic N) is 4. The lowest BCUT2D eigenvalue weighted by molar-refractivity contribution is 0.0573. The molecule has 214 valence electrons. The third-order valence-electron chi connectivity index (χ3n) is 6.87. The molecule has 0 aliphatic carbocycles. The van der Waals surface area contributed by atoms with Crippen molar-refractivity contribution in [3.8, 4) is 17.2 Å². The Kier molecular flexibility index (Phi) is 7.72. The van der Waals surface area contributed by atoms with Crippen LogP contribution in [0.15, 0.2) is 24.5 Å². The summed E-state index contributed by atoms with van der Waals surface area (Å²) in [5.74, 6) is -0.943. The standard InChI is InChI=1S/C29H29ClFN5O5/c1-15-20(11-33-22-7-16(10-32)13-36(26(15)22)28(38)41-29(2,3)4)19-8-17-9-23(34-12-21(17)24(30)25(19)31)35-27(37)40-18-5-6-39-14-18/h8-9,11-12,16,18H,5-7,13-14H2,1-4H3,(H,34,35,37). The summed E-state index contributed by atoms with van der Waals surface area (Å²) in [4.78, 5) is 35.6. The SMILES string of the molecule is Cc1c(-c2cc3cc(NC(=O)OC4CCOC4)ncc3c(Cl)c2F)cnc2c1N(C(=O)OC(C)(C)C)CC(C#N)C2. The Morgan fingerprint density at radius 3 is 2.71 bits per heavy atom. The lowest BCUT2D eigenvalue weighted by atomic mass is 9.91. The van der Waals surface area contributed by atoms with Crippen molar-refractivity contribution in [2.24, 2.45) is 5.92 Å². The smallest absolute Gasteiger partial charge is 0.414 e. The maximum atomic E-state index is 15.7. The molecule has 10 nitrogen and oxygen atoms in total. The van der Waals surface area contributed by atoms with Crippen LogP contribution in [0.5, 0.6) is 0 Å². The molecule has 4 heterocycles. The molecule has 2 aliphatic rings. The van der Waals surface area contributed by atoms with E-state index in [1.54, 1.807) is 39.8 Å². The number of nitriles is 1. The van der Waals surface area contributed by atoms with Gasteiger partial charge in [-0.25, -0.2) is 19.0 Å². The van der Waals surface area contributed by atoms with Gasteiger partial charge in [0, 0.05) is 48.3 Å². The fourth-order valence-electron chi connectivity index (χ4n) is 4.99. The summed E-state index contributed by atoms with van der Waals surface area (Å²) in [6, 6.07) is 5.38. The van der Waals surface area contributed by atoms with Crippen LogP contribution in [0.3, 0.4) is 0 Å². The second-order valence-corrected chi connectivity index (χ2v) is 11.4. The van der Waals surface area contributed by atoms with E-state index in [2.05, 4.69) is 21.4 Å². The Morgan fingerprint density at radius 2 is 2.02 bits per heavy atom. The van der Waals surface area contributed by atoms with Crippen LogP contribution < -0.4 is 10.2 Å². The predicted octanol–water partition coefficient (Wildman–Crippen LogP) is 6.17. The summed E-state index contributed by atoms with van der Waals surface area (Å²) in [5.41, 5.74) is 1.43. The van der Waals surface area contributed by atoms with Crippen LogP contribution in [-0.4, -0.2) is 53.6 Å². The summed E-state index contributed by atoms with van der Waals surface area (Å²) < 4.78 is 31.9. The zero-order chi connectivity index (χ0) is 29.5. The highest BCUT2D eigenvalue weighted by Gasteiger charge is 2.35. The molecule has 1 aromatic carbocycles. The number of pyridine rings is 2. The summed E-state index contributed by atoms with van der Waals surface area (Å²) in [6.07, 6.45) is 2.24. The van der Waals surface area contributed by atoms with Gasteiger partial charge in [-0.05, 0) is 50.8 Å². The van der Waals surface area contributed by atoms with E-state index in [-0.39, 0.29) is 29.1 Å². The van der Waals surface area contributed by atoms with Crippen molar-refractivity contribution in [2.45, 2.75) is 52.2 Å². The van der Waals surface area contributed by atoms with Crippen LogP contribution in [0.25, 0.3) is 21.9 Å². The van der Waals surface area contributed by atoms with Gasteiger partial charge in [-0.2, -0.15) is 5.26 Å². The number of nitrogens with one attached hydrogen (secondary N) is 1. The van der Waals surface area contributed by atoms with Crippen LogP contribution >= 0.6 is 11.6 Å². The van der Waals surface area contributed by atoms with Crippen LogP contribution in [0.2, 0.25) is 5.02 Å². The minimum absolute atomic E-state index is 0.120. The van der Waals surface area contributed by atoms with Crippen molar-refractivity contribution < 1.29 is 28.2 Å². The molecule has 0 radical (unpaired) electrons. The van der Waals surface area contributed by atoms with Crippen molar-refractivity contribution >= 4 is 46.1 Å². The molecule has 41 heavy (non-hydrogen) atoms. The number of hydrogen-bond donors (Lipinski definition) is 1. The molecule has 0 saturated carbocycles. The van der Waals surface area contributed by atoms with E-state index >= 15 is 4.39 Å². The Bertz CT molecular complexity index is 1580. The number of carbonyl (C=O) groups excluding carboxylic acids is 2. The number of amides is 2. The second-order valence-electron chi connectivity index (χ2n) is 11.1. The Balaban J connectivity index is 1.54. The molecule has 2 unspecified atom stereocenters. The van der Waals surface area contributed by atoms with Crippen molar-refractivity contribution in [3.05, 3.63) is 46.6 Å². The van der Waals surface area contributed by atoms with Gasteiger partial charge in [-0.1, -0.05) is 11.6 Å². The Hall–Kier alpha value is -4.01. The van der Waals surface area contributed by atoms with E-state index in [0.717, 1.165) is 0 Å². The highest BCUT2D eigenvalue weighted by Crippen LogP contribution is 2.41. The summed E-state index contributed by atoms with van der Waals surface area (Å²) in [7, 11) is 0. The van der Waals surface area contributed by atoms with Gasteiger partial charge >= 0.3 is 12.2 Å². The van der Waals surface area contributed by atoms with E-state index in [9.17, 15) is 14.9 Å². The average molecular weight is 582 g/mol. The maximum absolute atomic E-state index is 15.7. The van der Waals surface area contributed by atoms with E-state index in [4.69, 9.17) is 25.8 Å². The average Bonchev–Trinajstić information content (AvgIpc) is 3.42. The predicted molar refractivity (Wildman–Crippen MR) is 150 cm³/mol. The minimum atomic E-state index is -0.759. The highest BCUT2D eigenvalue weighted by molar-refractivity contribution is 6.36. The summed E-state index contributed by atoms with van der Waals surface area (Å²) in [6.45, 7) is 8.03. The third-order valence-corrected chi connectivity index (χ3v) is 7.24. The fourth-order valence-corrected chi connectivity index (χ4v) is 5.25. The van der Waals surface area contributed by atoms with Crippen LogP contribution in [0, 0.1) is 30.0 Å².